The van der Waals surface area contributed by atoms with Crippen molar-refractivity contribution in [3.63, 3.8) is 0 Å². The van der Waals surface area contributed by atoms with Crippen molar-refractivity contribution >= 4 is 11.8 Å². The average Bonchev–Trinajstić information content (AvgIpc) is 2.11. The monoisotopic (exact) mass is 225 g/mol. The maximum atomic E-state index is 12.2. The summed E-state index contributed by atoms with van der Waals surface area (Å²) in [7, 11) is 1.79. The highest BCUT2D eigenvalue weighted by atomic mass is 16.2. The lowest BCUT2D eigenvalue weighted by Gasteiger charge is -2.46. The van der Waals surface area contributed by atoms with E-state index in [9.17, 15) is 9.59 Å². The Bertz CT molecular complexity index is 323. The fourth-order valence-electron chi connectivity index (χ4n) is 2.28. The quantitative estimate of drug-likeness (QED) is 0.641. The van der Waals surface area contributed by atoms with Gasteiger partial charge in [0.05, 0.1) is 5.92 Å². The first-order valence-electron chi connectivity index (χ1n) is 5.72. The van der Waals surface area contributed by atoms with Crippen LogP contribution in [0.3, 0.4) is 0 Å². The van der Waals surface area contributed by atoms with Gasteiger partial charge in [-0.2, -0.15) is 0 Å². The summed E-state index contributed by atoms with van der Waals surface area (Å²) in [4.78, 5) is 27.6. The van der Waals surface area contributed by atoms with Gasteiger partial charge in [0.25, 0.3) is 0 Å². The summed E-state index contributed by atoms with van der Waals surface area (Å²) in [6.07, 6.45) is 0. The molecule has 0 aromatic carbocycles. The summed E-state index contributed by atoms with van der Waals surface area (Å²) in [6, 6.07) is 0. The van der Waals surface area contributed by atoms with Crippen molar-refractivity contribution in [2.75, 3.05) is 33.2 Å². The zero-order valence-corrected chi connectivity index (χ0v) is 10.1. The van der Waals surface area contributed by atoms with Gasteiger partial charge in [0, 0.05) is 33.2 Å². The molecule has 5 nitrogen and oxygen atoms in total. The van der Waals surface area contributed by atoms with Crippen molar-refractivity contribution in [2.24, 2.45) is 5.92 Å². The third-order valence-electron chi connectivity index (χ3n) is 3.60. The fraction of sp³-hybridized carbons (Fsp3) is 0.818. The molecular formula is C11H19N3O2. The van der Waals surface area contributed by atoms with E-state index >= 15 is 0 Å². The van der Waals surface area contributed by atoms with Crippen LogP contribution >= 0.6 is 0 Å². The fourth-order valence-corrected chi connectivity index (χ4v) is 2.28. The first-order valence-corrected chi connectivity index (χ1v) is 5.72. The van der Waals surface area contributed by atoms with Crippen molar-refractivity contribution in [3.8, 4) is 0 Å². The Labute approximate surface area is 95.8 Å². The zero-order valence-electron chi connectivity index (χ0n) is 10.1. The molecule has 90 valence electrons. The van der Waals surface area contributed by atoms with Crippen molar-refractivity contribution in [3.05, 3.63) is 0 Å². The van der Waals surface area contributed by atoms with Gasteiger partial charge in [-0.15, -0.1) is 0 Å². The maximum Gasteiger partial charge on any atom is 0.247 e. The normalized spacial score (nSPS) is 25.6. The molecule has 0 bridgehead atoms. The second kappa shape index (κ2) is 3.73. The molecule has 16 heavy (non-hydrogen) atoms. The second-order valence-corrected chi connectivity index (χ2v) is 5.13. The van der Waals surface area contributed by atoms with Crippen LogP contribution in [0.4, 0.5) is 0 Å². The Kier molecular flexibility index (Phi) is 2.66. The van der Waals surface area contributed by atoms with E-state index in [1.54, 1.807) is 16.8 Å². The molecule has 0 saturated carbocycles. The Hall–Kier alpha value is -1.10. The molecule has 0 aliphatic carbocycles. The summed E-state index contributed by atoms with van der Waals surface area (Å²) < 4.78 is 0. The number of carbonyl (C=O) groups excluding carboxylic acids is 2. The standard InChI is InChI=1S/C11H19N3O2/c1-11(2)10(16)13(3)4-5-14(11)9(15)8-6-12-7-8/h8,12H,4-7H2,1-3H3. The number of likely N-dealkylation sites (N-methyl/N-ethyl adjacent to an activating group) is 1. The van der Waals surface area contributed by atoms with E-state index in [0.29, 0.717) is 13.1 Å². The number of amides is 2. The minimum absolute atomic E-state index is 0.0272. The highest BCUT2D eigenvalue weighted by Gasteiger charge is 2.45. The third-order valence-corrected chi connectivity index (χ3v) is 3.60. The van der Waals surface area contributed by atoms with Crippen LogP contribution in [0, 0.1) is 5.92 Å². The third kappa shape index (κ3) is 1.59. The SMILES string of the molecule is CN1CCN(C(=O)C2CNC2)C(C)(C)C1=O. The Morgan fingerprint density at radius 3 is 2.50 bits per heavy atom. The molecule has 2 saturated heterocycles. The number of nitrogens with zero attached hydrogens (tertiary/aromatic N) is 2. The largest absolute Gasteiger partial charge is 0.342 e. The molecule has 5 heteroatoms. The molecule has 2 amide bonds. The number of piperazine rings is 1. The van der Waals surface area contributed by atoms with Crippen LogP contribution < -0.4 is 5.32 Å². The summed E-state index contributed by atoms with van der Waals surface area (Å²) >= 11 is 0. The van der Waals surface area contributed by atoms with E-state index in [0.717, 1.165) is 13.1 Å². The Morgan fingerprint density at radius 1 is 1.38 bits per heavy atom. The van der Waals surface area contributed by atoms with Gasteiger partial charge in [0.1, 0.15) is 5.54 Å². The molecule has 0 aromatic heterocycles. The van der Waals surface area contributed by atoms with Crippen molar-refractivity contribution in [1.29, 1.82) is 0 Å². The van der Waals surface area contributed by atoms with Crippen LogP contribution in [-0.2, 0) is 9.59 Å². The zero-order chi connectivity index (χ0) is 11.9. The molecule has 0 atom stereocenters. The van der Waals surface area contributed by atoms with Gasteiger partial charge >= 0.3 is 0 Å². The predicted molar refractivity (Wildman–Crippen MR) is 59.8 cm³/mol. The van der Waals surface area contributed by atoms with Gasteiger partial charge in [-0.3, -0.25) is 9.59 Å². The van der Waals surface area contributed by atoms with Crippen LogP contribution in [0.5, 0.6) is 0 Å². The van der Waals surface area contributed by atoms with E-state index in [1.807, 2.05) is 13.8 Å². The smallest absolute Gasteiger partial charge is 0.247 e. The first kappa shape index (κ1) is 11.4. The van der Waals surface area contributed by atoms with Gasteiger partial charge in [-0.25, -0.2) is 0 Å². The van der Waals surface area contributed by atoms with E-state index in [1.165, 1.54) is 0 Å². The molecule has 2 rings (SSSR count). The van der Waals surface area contributed by atoms with Crippen LogP contribution in [-0.4, -0.2) is 60.4 Å². The van der Waals surface area contributed by atoms with E-state index in [4.69, 9.17) is 0 Å². The minimum atomic E-state index is -0.695. The molecule has 0 unspecified atom stereocenters. The van der Waals surface area contributed by atoms with Gasteiger partial charge in [0.15, 0.2) is 0 Å². The number of hydrogen-bond donors (Lipinski definition) is 1. The van der Waals surface area contributed by atoms with Gasteiger partial charge in [-0.05, 0) is 13.8 Å². The molecule has 2 aliphatic heterocycles. The van der Waals surface area contributed by atoms with Crippen LogP contribution in [0.15, 0.2) is 0 Å². The molecule has 2 aliphatic rings. The summed E-state index contributed by atoms with van der Waals surface area (Å²) in [5.41, 5.74) is -0.695. The number of rotatable bonds is 1. The van der Waals surface area contributed by atoms with E-state index in [-0.39, 0.29) is 17.7 Å². The molecule has 0 spiro atoms. The summed E-state index contributed by atoms with van der Waals surface area (Å²) in [5, 5.41) is 3.09. The molecular weight excluding hydrogens is 206 g/mol. The Morgan fingerprint density at radius 2 is 2.00 bits per heavy atom. The lowest BCUT2D eigenvalue weighted by Crippen LogP contribution is -2.66. The van der Waals surface area contributed by atoms with Gasteiger partial charge in [0.2, 0.25) is 11.8 Å². The lowest BCUT2D eigenvalue weighted by molar-refractivity contribution is -0.160. The van der Waals surface area contributed by atoms with Crippen LogP contribution in [0.1, 0.15) is 13.8 Å². The van der Waals surface area contributed by atoms with Crippen molar-refractivity contribution in [2.45, 2.75) is 19.4 Å². The lowest BCUT2D eigenvalue weighted by atomic mass is 9.93. The van der Waals surface area contributed by atoms with Crippen LogP contribution in [0.2, 0.25) is 0 Å². The second-order valence-electron chi connectivity index (χ2n) is 5.13. The molecule has 1 N–H and O–H groups in total. The van der Waals surface area contributed by atoms with Crippen molar-refractivity contribution in [1.82, 2.24) is 15.1 Å². The molecule has 0 radical (unpaired) electrons. The summed E-state index contributed by atoms with van der Waals surface area (Å²) in [6.45, 7) is 6.42. The Balaban J connectivity index is 2.14. The number of hydrogen-bond acceptors (Lipinski definition) is 3. The average molecular weight is 225 g/mol. The highest BCUT2D eigenvalue weighted by molar-refractivity contribution is 5.92. The van der Waals surface area contributed by atoms with Crippen LogP contribution in [0.25, 0.3) is 0 Å². The van der Waals surface area contributed by atoms with Gasteiger partial charge < -0.3 is 15.1 Å². The van der Waals surface area contributed by atoms with E-state index < -0.39 is 5.54 Å². The number of nitrogens with one attached hydrogen (secondary N) is 1. The molecule has 2 heterocycles. The molecule has 0 aromatic rings. The molecule has 2 fully saturated rings. The summed E-state index contributed by atoms with van der Waals surface area (Å²) in [5.74, 6) is 0.208. The predicted octanol–water partition coefficient (Wildman–Crippen LogP) is -0.715. The highest BCUT2D eigenvalue weighted by Crippen LogP contribution is 2.24. The van der Waals surface area contributed by atoms with E-state index in [2.05, 4.69) is 5.32 Å². The van der Waals surface area contributed by atoms with Crippen molar-refractivity contribution < 1.29 is 9.59 Å². The first-order chi connectivity index (χ1) is 7.44. The topological polar surface area (TPSA) is 52.6 Å². The minimum Gasteiger partial charge on any atom is -0.342 e. The van der Waals surface area contributed by atoms with Gasteiger partial charge in [-0.1, -0.05) is 0 Å². The maximum absolute atomic E-state index is 12.2. The number of carbonyl (C=O) groups is 2.